The topological polar surface area (TPSA) is 109 Å². The zero-order valence-electron chi connectivity index (χ0n) is 15.0. The van der Waals surface area contributed by atoms with E-state index in [0.29, 0.717) is 36.2 Å². The van der Waals surface area contributed by atoms with Gasteiger partial charge < -0.3 is 14.5 Å². The van der Waals surface area contributed by atoms with Gasteiger partial charge in [-0.2, -0.15) is 4.98 Å². The van der Waals surface area contributed by atoms with Gasteiger partial charge in [0, 0.05) is 25.1 Å². The van der Waals surface area contributed by atoms with Crippen LogP contribution in [0.25, 0.3) is 11.5 Å². The monoisotopic (exact) mass is 370 g/mol. The van der Waals surface area contributed by atoms with Crippen molar-refractivity contribution in [1.82, 2.24) is 20.0 Å². The third-order valence-electron chi connectivity index (χ3n) is 5.58. The Labute approximate surface area is 156 Å². The molecule has 3 heterocycles. The summed E-state index contributed by atoms with van der Waals surface area (Å²) in [5.74, 6) is -0.00410. The Kier molecular flexibility index (Phi) is 4.87. The Hall–Kier alpha value is -2.77. The first-order valence-corrected chi connectivity index (χ1v) is 9.41. The van der Waals surface area contributed by atoms with Gasteiger partial charge in [0.15, 0.2) is 0 Å². The van der Waals surface area contributed by atoms with E-state index in [-0.39, 0.29) is 18.4 Å². The van der Waals surface area contributed by atoms with Gasteiger partial charge in [0.25, 0.3) is 0 Å². The number of aliphatic carboxylic acids is 1. The van der Waals surface area contributed by atoms with Gasteiger partial charge >= 0.3 is 5.97 Å². The van der Waals surface area contributed by atoms with Crippen LogP contribution in [0.1, 0.15) is 44.4 Å². The zero-order chi connectivity index (χ0) is 18.8. The molecule has 2 aromatic heterocycles. The molecule has 1 saturated heterocycles. The Morgan fingerprint density at radius 2 is 2.11 bits per heavy atom. The number of carbonyl (C=O) groups is 2. The summed E-state index contributed by atoms with van der Waals surface area (Å²) in [6.45, 7) is 0. The van der Waals surface area contributed by atoms with E-state index in [1.54, 1.807) is 23.2 Å². The molecule has 0 radical (unpaired) electrons. The summed E-state index contributed by atoms with van der Waals surface area (Å²) in [6.07, 6.45) is 6.74. The van der Waals surface area contributed by atoms with Crippen molar-refractivity contribution in [2.45, 2.75) is 57.0 Å². The summed E-state index contributed by atoms with van der Waals surface area (Å²) < 4.78 is 5.22. The minimum atomic E-state index is -0.909. The lowest BCUT2D eigenvalue weighted by Crippen LogP contribution is -2.46. The number of fused-ring (bicyclic) bond motifs is 1. The van der Waals surface area contributed by atoms with E-state index in [1.807, 2.05) is 6.07 Å². The molecule has 1 saturated carbocycles. The fourth-order valence-corrected chi connectivity index (χ4v) is 4.34. The second kappa shape index (κ2) is 7.46. The van der Waals surface area contributed by atoms with E-state index in [2.05, 4.69) is 15.1 Å². The van der Waals surface area contributed by atoms with Crippen molar-refractivity contribution < 1.29 is 19.2 Å². The van der Waals surface area contributed by atoms with E-state index < -0.39 is 12.0 Å². The molecule has 1 aliphatic carbocycles. The molecule has 3 atom stereocenters. The molecular weight excluding hydrogens is 348 g/mol. The van der Waals surface area contributed by atoms with Gasteiger partial charge in [0.05, 0.1) is 0 Å². The first-order chi connectivity index (χ1) is 13.1. The molecule has 0 spiro atoms. The third-order valence-corrected chi connectivity index (χ3v) is 5.58. The van der Waals surface area contributed by atoms with Gasteiger partial charge in [-0.25, -0.2) is 4.79 Å². The summed E-state index contributed by atoms with van der Waals surface area (Å²) in [7, 11) is 0. The van der Waals surface area contributed by atoms with E-state index >= 15 is 0 Å². The summed E-state index contributed by atoms with van der Waals surface area (Å²) in [5.41, 5.74) is 0.606. The number of amides is 1. The molecule has 142 valence electrons. The number of nitrogens with zero attached hydrogens (tertiary/aromatic N) is 4. The predicted octanol–water partition coefficient (Wildman–Crippen LogP) is 2.31. The van der Waals surface area contributed by atoms with Gasteiger partial charge in [0.2, 0.25) is 17.6 Å². The lowest BCUT2D eigenvalue weighted by atomic mass is 9.84. The number of carboxylic acid groups (broad SMARTS) is 1. The molecule has 0 aromatic carbocycles. The lowest BCUT2D eigenvalue weighted by Gasteiger charge is -2.33. The highest BCUT2D eigenvalue weighted by Gasteiger charge is 2.47. The van der Waals surface area contributed by atoms with Gasteiger partial charge in [-0.15, -0.1) is 0 Å². The molecule has 8 nitrogen and oxygen atoms in total. The Morgan fingerprint density at radius 3 is 2.89 bits per heavy atom. The minimum absolute atomic E-state index is 0.0547. The van der Waals surface area contributed by atoms with Crippen molar-refractivity contribution in [1.29, 1.82) is 0 Å². The first-order valence-electron chi connectivity index (χ1n) is 9.41. The Bertz CT molecular complexity index is 822. The number of rotatable bonds is 5. The number of carbonyl (C=O) groups excluding carboxylic acids is 1. The van der Waals surface area contributed by atoms with Crippen LogP contribution in [0.5, 0.6) is 0 Å². The Balaban J connectivity index is 1.42. The average Bonchev–Trinajstić information content (AvgIpc) is 3.32. The van der Waals surface area contributed by atoms with Gasteiger partial charge in [0.1, 0.15) is 11.7 Å². The second-order valence-corrected chi connectivity index (χ2v) is 7.23. The number of pyridine rings is 1. The summed E-state index contributed by atoms with van der Waals surface area (Å²) >= 11 is 0. The van der Waals surface area contributed by atoms with Crippen molar-refractivity contribution in [2.75, 3.05) is 0 Å². The van der Waals surface area contributed by atoms with Crippen LogP contribution in [0.4, 0.5) is 0 Å². The van der Waals surface area contributed by atoms with Crippen LogP contribution in [0.3, 0.4) is 0 Å². The molecule has 1 aliphatic heterocycles. The molecular formula is C19H22N4O4. The van der Waals surface area contributed by atoms with Crippen molar-refractivity contribution in [3.8, 4) is 11.5 Å². The molecule has 27 heavy (non-hydrogen) atoms. The van der Waals surface area contributed by atoms with Crippen molar-refractivity contribution in [2.24, 2.45) is 5.92 Å². The fourth-order valence-electron chi connectivity index (χ4n) is 4.34. The largest absolute Gasteiger partial charge is 0.480 e. The highest BCUT2D eigenvalue weighted by atomic mass is 16.5. The van der Waals surface area contributed by atoms with Gasteiger partial charge in [-0.3, -0.25) is 9.78 Å². The minimum Gasteiger partial charge on any atom is -0.480 e. The van der Waals surface area contributed by atoms with Crippen LogP contribution in [-0.2, 0) is 16.0 Å². The van der Waals surface area contributed by atoms with E-state index in [9.17, 15) is 14.7 Å². The van der Waals surface area contributed by atoms with Crippen LogP contribution >= 0.6 is 0 Å². The maximum atomic E-state index is 12.8. The standard InChI is InChI=1S/C19H22N4O4/c24-17(23-14-7-2-1-5-12(14)11-15(23)19(25)26)9-8-16-21-18(22-27-16)13-6-3-4-10-20-13/h3-4,6,10,12,14-15H,1-2,5,7-9,11H2,(H,25,26). The van der Waals surface area contributed by atoms with Crippen LogP contribution in [-0.4, -0.2) is 49.1 Å². The normalized spacial score (nSPS) is 24.6. The van der Waals surface area contributed by atoms with Crippen molar-refractivity contribution in [3.63, 3.8) is 0 Å². The summed E-state index contributed by atoms with van der Waals surface area (Å²) in [4.78, 5) is 34.5. The van der Waals surface area contributed by atoms with Crippen molar-refractivity contribution >= 4 is 11.9 Å². The molecule has 2 aromatic rings. The van der Waals surface area contributed by atoms with Gasteiger partial charge in [-0.05, 0) is 37.3 Å². The molecule has 4 rings (SSSR count). The average molecular weight is 370 g/mol. The maximum Gasteiger partial charge on any atom is 0.326 e. The number of aromatic nitrogens is 3. The Morgan fingerprint density at radius 1 is 1.26 bits per heavy atom. The SMILES string of the molecule is O=C(O)C1CC2CCCCC2N1C(=O)CCc1nc(-c2ccccn2)no1. The van der Waals surface area contributed by atoms with E-state index in [1.165, 1.54) is 0 Å². The van der Waals surface area contributed by atoms with Crippen LogP contribution in [0.15, 0.2) is 28.9 Å². The van der Waals surface area contributed by atoms with Gasteiger partial charge in [-0.1, -0.05) is 24.1 Å². The second-order valence-electron chi connectivity index (χ2n) is 7.23. The third kappa shape index (κ3) is 3.56. The van der Waals surface area contributed by atoms with Crippen LogP contribution < -0.4 is 0 Å². The number of hydrogen-bond donors (Lipinski definition) is 1. The molecule has 1 amide bonds. The molecule has 2 aliphatic rings. The molecule has 8 heteroatoms. The summed E-state index contributed by atoms with van der Waals surface area (Å²) in [6, 6.07) is 4.76. The fraction of sp³-hybridized carbons (Fsp3) is 0.526. The highest BCUT2D eigenvalue weighted by Crippen LogP contribution is 2.40. The quantitative estimate of drug-likeness (QED) is 0.860. The van der Waals surface area contributed by atoms with Crippen LogP contribution in [0.2, 0.25) is 0 Å². The maximum absolute atomic E-state index is 12.8. The molecule has 3 unspecified atom stereocenters. The number of carboxylic acids is 1. The zero-order valence-corrected chi connectivity index (χ0v) is 15.0. The number of aryl methyl sites for hydroxylation is 1. The first kappa shape index (κ1) is 17.6. The number of likely N-dealkylation sites (tertiary alicyclic amines) is 1. The molecule has 1 N–H and O–H groups in total. The number of hydrogen-bond acceptors (Lipinski definition) is 6. The highest BCUT2D eigenvalue weighted by molar-refractivity contribution is 5.84. The predicted molar refractivity (Wildman–Crippen MR) is 94.5 cm³/mol. The van der Waals surface area contributed by atoms with Crippen LogP contribution in [0, 0.1) is 5.92 Å². The summed E-state index contributed by atoms with van der Waals surface area (Å²) in [5, 5.41) is 13.5. The van der Waals surface area contributed by atoms with E-state index in [0.717, 1.165) is 25.7 Å². The van der Waals surface area contributed by atoms with Crippen molar-refractivity contribution in [3.05, 3.63) is 30.3 Å². The molecule has 0 bridgehead atoms. The lowest BCUT2D eigenvalue weighted by molar-refractivity contribution is -0.149. The molecule has 2 fully saturated rings. The van der Waals surface area contributed by atoms with E-state index in [4.69, 9.17) is 4.52 Å². The smallest absolute Gasteiger partial charge is 0.326 e.